The van der Waals surface area contributed by atoms with Gasteiger partial charge >= 0.3 is 18.0 Å². The Labute approximate surface area is 142 Å². The number of carbonyl (C=O) groups is 3. The molecule has 1 aliphatic rings. The summed E-state index contributed by atoms with van der Waals surface area (Å²) in [7, 11) is 0.988. The summed E-state index contributed by atoms with van der Waals surface area (Å²) in [4.78, 5) is 34.3. The number of esters is 1. The second-order valence-corrected chi connectivity index (χ2v) is 5.76. The smallest absolute Gasteiger partial charge is 0.343 e. The van der Waals surface area contributed by atoms with Crippen molar-refractivity contribution in [3.05, 3.63) is 29.3 Å². The van der Waals surface area contributed by atoms with Gasteiger partial charge in [-0.25, -0.2) is 18.4 Å². The fourth-order valence-electron chi connectivity index (χ4n) is 2.77. The number of urea groups is 1. The van der Waals surface area contributed by atoms with Gasteiger partial charge in [-0.05, 0) is 37.8 Å². The molecule has 1 saturated carbocycles. The minimum atomic E-state index is -1.23. The van der Waals surface area contributed by atoms with Crippen LogP contribution >= 0.6 is 0 Å². The van der Waals surface area contributed by atoms with Crippen LogP contribution in [0.1, 0.15) is 36.0 Å². The van der Waals surface area contributed by atoms with Gasteiger partial charge in [0.25, 0.3) is 0 Å². The summed E-state index contributed by atoms with van der Waals surface area (Å²) in [5.74, 6) is -4.78. The quantitative estimate of drug-likeness (QED) is 0.719. The maximum absolute atomic E-state index is 14.2. The maximum Gasteiger partial charge on any atom is 0.343 e. The first-order valence-corrected chi connectivity index (χ1v) is 7.70. The Hall–Kier alpha value is -2.71. The van der Waals surface area contributed by atoms with E-state index in [0.29, 0.717) is 25.7 Å². The number of carbonyl (C=O) groups excluding carboxylic acids is 2. The highest BCUT2D eigenvalue weighted by Gasteiger charge is 2.27. The molecule has 1 aromatic rings. The van der Waals surface area contributed by atoms with E-state index in [-0.39, 0.29) is 11.7 Å². The number of methoxy groups -OCH3 is 1. The molecule has 0 aromatic heterocycles. The van der Waals surface area contributed by atoms with Crippen molar-refractivity contribution in [2.45, 2.75) is 31.7 Å². The van der Waals surface area contributed by atoms with Crippen molar-refractivity contribution in [2.75, 3.05) is 12.4 Å². The highest BCUT2D eigenvalue weighted by atomic mass is 19.1. The Kier molecular flexibility index (Phi) is 5.89. The maximum atomic E-state index is 14.2. The number of halogens is 2. The summed E-state index contributed by atoms with van der Waals surface area (Å²) in [5.41, 5.74) is -1.25. The molecule has 1 aromatic carbocycles. The zero-order valence-corrected chi connectivity index (χ0v) is 13.5. The van der Waals surface area contributed by atoms with Gasteiger partial charge in [-0.2, -0.15) is 0 Å². The Morgan fingerprint density at radius 3 is 2.36 bits per heavy atom. The molecule has 0 atom stereocenters. The average molecular weight is 356 g/mol. The Morgan fingerprint density at radius 2 is 1.80 bits per heavy atom. The number of nitrogens with one attached hydrogen (secondary N) is 2. The van der Waals surface area contributed by atoms with Crippen LogP contribution in [0.25, 0.3) is 0 Å². The predicted molar refractivity (Wildman–Crippen MR) is 83.2 cm³/mol. The van der Waals surface area contributed by atoms with E-state index in [2.05, 4.69) is 15.4 Å². The molecule has 0 radical (unpaired) electrons. The number of amides is 2. The van der Waals surface area contributed by atoms with Crippen molar-refractivity contribution in [3.63, 3.8) is 0 Å². The van der Waals surface area contributed by atoms with Crippen LogP contribution in [0.4, 0.5) is 19.3 Å². The molecule has 9 heteroatoms. The van der Waals surface area contributed by atoms with Crippen molar-refractivity contribution in [2.24, 2.45) is 5.92 Å². The molecule has 0 heterocycles. The normalized spacial score (nSPS) is 19.8. The lowest BCUT2D eigenvalue weighted by Crippen LogP contribution is -2.41. The van der Waals surface area contributed by atoms with Crippen LogP contribution < -0.4 is 10.6 Å². The summed E-state index contributed by atoms with van der Waals surface area (Å²) in [6.07, 6.45) is 1.86. The van der Waals surface area contributed by atoms with Gasteiger partial charge in [0.1, 0.15) is 11.4 Å². The number of ether oxygens (including phenoxy) is 1. The third-order valence-corrected chi connectivity index (χ3v) is 4.14. The van der Waals surface area contributed by atoms with Crippen LogP contribution in [0.3, 0.4) is 0 Å². The highest BCUT2D eigenvalue weighted by molar-refractivity contribution is 5.94. The molecule has 0 bridgehead atoms. The van der Waals surface area contributed by atoms with Crippen molar-refractivity contribution in [1.82, 2.24) is 5.32 Å². The van der Waals surface area contributed by atoms with E-state index in [1.165, 1.54) is 0 Å². The Morgan fingerprint density at radius 1 is 1.16 bits per heavy atom. The molecule has 0 unspecified atom stereocenters. The van der Waals surface area contributed by atoms with Gasteiger partial charge in [0.05, 0.1) is 18.7 Å². The topological polar surface area (TPSA) is 105 Å². The molecule has 7 nitrogen and oxygen atoms in total. The van der Waals surface area contributed by atoms with Gasteiger partial charge in [-0.1, -0.05) is 0 Å². The van der Waals surface area contributed by atoms with E-state index in [1.807, 2.05) is 0 Å². The predicted octanol–water partition coefficient (Wildman–Crippen LogP) is 2.52. The van der Waals surface area contributed by atoms with Gasteiger partial charge < -0.3 is 20.5 Å². The number of rotatable bonds is 4. The lowest BCUT2D eigenvalue weighted by Gasteiger charge is -2.26. The summed E-state index contributed by atoms with van der Waals surface area (Å²) < 4.78 is 32.1. The van der Waals surface area contributed by atoms with Gasteiger partial charge in [-0.3, -0.25) is 4.79 Å². The number of benzene rings is 1. The standard InChI is InChI=1S/C16H18F2N2O5/c1-25-15(23)12-10(17)6-7-11(13(12)18)20-16(24)19-9-4-2-8(3-5-9)14(21)22/h6-9H,2-5H2,1H3,(H,21,22)(H2,19,20,24). The number of anilines is 1. The number of hydrogen-bond donors (Lipinski definition) is 3. The van der Waals surface area contributed by atoms with Crippen LogP contribution in [-0.4, -0.2) is 36.2 Å². The van der Waals surface area contributed by atoms with Crippen LogP contribution in [0.5, 0.6) is 0 Å². The van der Waals surface area contributed by atoms with E-state index in [0.717, 1.165) is 19.2 Å². The molecule has 0 spiro atoms. The number of carboxylic acids is 1. The molecule has 1 aliphatic carbocycles. The first-order chi connectivity index (χ1) is 11.8. The Balaban J connectivity index is 2.00. The van der Waals surface area contributed by atoms with Gasteiger partial charge in [-0.15, -0.1) is 0 Å². The first-order valence-electron chi connectivity index (χ1n) is 7.70. The first kappa shape index (κ1) is 18.6. The van der Waals surface area contributed by atoms with Crippen LogP contribution in [-0.2, 0) is 9.53 Å². The zero-order valence-electron chi connectivity index (χ0n) is 13.5. The SMILES string of the molecule is COC(=O)c1c(F)ccc(NC(=O)NC2CCC(C(=O)O)CC2)c1F. The molecule has 3 N–H and O–H groups in total. The molecule has 1 fully saturated rings. The minimum Gasteiger partial charge on any atom is -0.481 e. The molecule has 25 heavy (non-hydrogen) atoms. The van der Waals surface area contributed by atoms with Crippen LogP contribution in [0, 0.1) is 17.6 Å². The number of carboxylic acid groups (broad SMARTS) is 1. The van der Waals surface area contributed by atoms with E-state index in [9.17, 15) is 23.2 Å². The van der Waals surface area contributed by atoms with Crippen molar-refractivity contribution in [1.29, 1.82) is 0 Å². The molecule has 136 valence electrons. The van der Waals surface area contributed by atoms with Crippen molar-refractivity contribution in [3.8, 4) is 0 Å². The lowest BCUT2D eigenvalue weighted by molar-refractivity contribution is -0.142. The van der Waals surface area contributed by atoms with E-state index >= 15 is 0 Å². The summed E-state index contributed by atoms with van der Waals surface area (Å²) in [6.45, 7) is 0. The summed E-state index contributed by atoms with van der Waals surface area (Å²) in [6, 6.07) is 0.889. The van der Waals surface area contributed by atoms with Crippen LogP contribution in [0.15, 0.2) is 12.1 Å². The third-order valence-electron chi connectivity index (χ3n) is 4.14. The second-order valence-electron chi connectivity index (χ2n) is 5.76. The third kappa shape index (κ3) is 4.43. The largest absolute Gasteiger partial charge is 0.481 e. The van der Waals surface area contributed by atoms with Crippen molar-refractivity contribution < 1.29 is 33.0 Å². The molecule has 0 aliphatic heterocycles. The van der Waals surface area contributed by atoms with Crippen molar-refractivity contribution >= 4 is 23.7 Å². The number of hydrogen-bond acceptors (Lipinski definition) is 4. The van der Waals surface area contributed by atoms with E-state index in [4.69, 9.17) is 5.11 Å². The minimum absolute atomic E-state index is 0.237. The molecular formula is C16H18F2N2O5. The lowest BCUT2D eigenvalue weighted by atomic mass is 9.86. The van der Waals surface area contributed by atoms with Gasteiger partial charge in [0, 0.05) is 6.04 Å². The van der Waals surface area contributed by atoms with Gasteiger partial charge in [0.2, 0.25) is 0 Å². The second kappa shape index (κ2) is 7.91. The van der Waals surface area contributed by atoms with Crippen LogP contribution in [0.2, 0.25) is 0 Å². The summed E-state index contributed by atoms with van der Waals surface area (Å²) in [5, 5.41) is 13.8. The fraction of sp³-hybridized carbons (Fsp3) is 0.438. The summed E-state index contributed by atoms with van der Waals surface area (Å²) >= 11 is 0. The average Bonchev–Trinajstić information content (AvgIpc) is 2.57. The van der Waals surface area contributed by atoms with E-state index in [1.54, 1.807) is 0 Å². The zero-order chi connectivity index (χ0) is 18.6. The molecule has 2 amide bonds. The number of aliphatic carboxylic acids is 1. The highest BCUT2D eigenvalue weighted by Crippen LogP contribution is 2.25. The monoisotopic (exact) mass is 356 g/mol. The van der Waals surface area contributed by atoms with E-state index < -0.39 is 41.1 Å². The Bertz CT molecular complexity index is 687. The fourth-order valence-corrected chi connectivity index (χ4v) is 2.77. The molecular weight excluding hydrogens is 338 g/mol. The molecule has 0 saturated heterocycles. The van der Waals surface area contributed by atoms with Gasteiger partial charge in [0.15, 0.2) is 5.82 Å². The molecule has 2 rings (SSSR count).